The fourth-order valence-corrected chi connectivity index (χ4v) is 3.80. The molecule has 2 aromatic rings. The summed E-state index contributed by atoms with van der Waals surface area (Å²) >= 11 is 0. The van der Waals surface area contributed by atoms with Crippen LogP contribution in [0.4, 0.5) is 0 Å². The molecular weight excluding hydrogens is 352 g/mol. The molecule has 1 atom stereocenters. The number of carbonyl (C=O) groups is 1. The molecule has 2 rings (SSSR count). The van der Waals surface area contributed by atoms with Gasteiger partial charge in [0.15, 0.2) is 0 Å². The number of rotatable bonds is 7. The summed E-state index contributed by atoms with van der Waals surface area (Å²) in [5, 5.41) is 2.82. The van der Waals surface area contributed by atoms with Gasteiger partial charge >= 0.3 is 0 Å². The number of nitrogens with one attached hydrogen (secondary N) is 1. The Morgan fingerprint density at radius 1 is 1.19 bits per heavy atom. The van der Waals surface area contributed by atoms with Crippen molar-refractivity contribution in [3.63, 3.8) is 0 Å². The number of aryl methyl sites for hydroxylation is 1. The van der Waals surface area contributed by atoms with E-state index in [1.165, 1.54) is 26.3 Å². The van der Waals surface area contributed by atoms with Crippen LogP contribution in [0.2, 0.25) is 0 Å². The molecule has 0 aromatic heterocycles. The highest BCUT2D eigenvalue weighted by atomic mass is 32.2. The van der Waals surface area contributed by atoms with Crippen LogP contribution in [-0.2, 0) is 14.8 Å². The van der Waals surface area contributed by atoms with Crippen LogP contribution in [0.3, 0.4) is 0 Å². The van der Waals surface area contributed by atoms with Gasteiger partial charge in [-0.05, 0) is 43.2 Å². The SMILES string of the molecule is COc1ccc(S(=O)(=O)N(C)CC(=O)NC(C)c2ccccc2)cc1C. The molecular formula is C19H24N2O4S. The second kappa shape index (κ2) is 8.33. The van der Waals surface area contributed by atoms with E-state index in [4.69, 9.17) is 4.74 Å². The minimum atomic E-state index is -3.77. The molecule has 0 saturated heterocycles. The first-order chi connectivity index (χ1) is 12.3. The van der Waals surface area contributed by atoms with Gasteiger partial charge in [-0.1, -0.05) is 30.3 Å². The van der Waals surface area contributed by atoms with Gasteiger partial charge in [0.2, 0.25) is 15.9 Å². The molecule has 0 saturated carbocycles. The third-order valence-electron chi connectivity index (χ3n) is 4.12. The first kappa shape index (κ1) is 19.9. The second-order valence-corrected chi connectivity index (χ2v) is 8.14. The highest BCUT2D eigenvalue weighted by Gasteiger charge is 2.24. The van der Waals surface area contributed by atoms with Crippen LogP contribution in [0.15, 0.2) is 53.4 Å². The smallest absolute Gasteiger partial charge is 0.243 e. The molecule has 0 radical (unpaired) electrons. The Morgan fingerprint density at radius 2 is 1.85 bits per heavy atom. The van der Waals surface area contributed by atoms with Crippen LogP contribution < -0.4 is 10.1 Å². The molecule has 0 heterocycles. The van der Waals surface area contributed by atoms with Gasteiger partial charge in [-0.3, -0.25) is 4.79 Å². The Kier molecular flexibility index (Phi) is 6.39. The molecule has 1 unspecified atom stereocenters. The highest BCUT2D eigenvalue weighted by Crippen LogP contribution is 2.23. The predicted octanol–water partition coefficient (Wildman–Crippen LogP) is 2.50. The molecule has 7 heteroatoms. The number of benzene rings is 2. The second-order valence-electron chi connectivity index (χ2n) is 6.09. The van der Waals surface area contributed by atoms with Gasteiger partial charge in [0.25, 0.3) is 0 Å². The lowest BCUT2D eigenvalue weighted by Gasteiger charge is -2.20. The van der Waals surface area contributed by atoms with Crippen LogP contribution in [0, 0.1) is 6.92 Å². The van der Waals surface area contributed by atoms with E-state index < -0.39 is 10.0 Å². The zero-order valence-corrected chi connectivity index (χ0v) is 16.2. The summed E-state index contributed by atoms with van der Waals surface area (Å²) in [7, 11) is -0.846. The summed E-state index contributed by atoms with van der Waals surface area (Å²) in [6.45, 7) is 3.37. The number of sulfonamides is 1. The predicted molar refractivity (Wildman–Crippen MR) is 101 cm³/mol. The highest BCUT2D eigenvalue weighted by molar-refractivity contribution is 7.89. The van der Waals surface area contributed by atoms with Crippen molar-refractivity contribution in [3.8, 4) is 5.75 Å². The largest absolute Gasteiger partial charge is 0.496 e. The van der Waals surface area contributed by atoms with Crippen molar-refractivity contribution < 1.29 is 17.9 Å². The van der Waals surface area contributed by atoms with Crippen molar-refractivity contribution in [1.29, 1.82) is 0 Å². The minimum Gasteiger partial charge on any atom is -0.496 e. The zero-order valence-electron chi connectivity index (χ0n) is 15.4. The lowest BCUT2D eigenvalue weighted by Crippen LogP contribution is -2.39. The third-order valence-corrected chi connectivity index (χ3v) is 5.92. The molecule has 140 valence electrons. The summed E-state index contributed by atoms with van der Waals surface area (Å²) < 4.78 is 31.6. The Hall–Kier alpha value is -2.38. The van der Waals surface area contributed by atoms with E-state index in [0.29, 0.717) is 11.3 Å². The van der Waals surface area contributed by atoms with E-state index in [-0.39, 0.29) is 23.4 Å². The molecule has 0 fully saturated rings. The molecule has 0 aliphatic rings. The molecule has 1 N–H and O–H groups in total. The number of methoxy groups -OCH3 is 1. The Bertz CT molecular complexity index is 866. The first-order valence-electron chi connectivity index (χ1n) is 8.21. The minimum absolute atomic E-state index is 0.127. The van der Waals surface area contributed by atoms with Gasteiger partial charge in [0.1, 0.15) is 5.75 Å². The van der Waals surface area contributed by atoms with Crippen molar-refractivity contribution in [3.05, 3.63) is 59.7 Å². The molecule has 1 amide bonds. The molecule has 0 bridgehead atoms. The number of likely N-dealkylation sites (N-methyl/N-ethyl adjacent to an activating group) is 1. The number of amides is 1. The Morgan fingerprint density at radius 3 is 2.42 bits per heavy atom. The van der Waals surface area contributed by atoms with Crippen molar-refractivity contribution in [2.75, 3.05) is 20.7 Å². The van der Waals surface area contributed by atoms with Crippen molar-refractivity contribution in [2.24, 2.45) is 0 Å². The summed E-state index contributed by atoms with van der Waals surface area (Å²) in [5.74, 6) is 0.249. The number of hydrogen-bond acceptors (Lipinski definition) is 4. The number of ether oxygens (including phenoxy) is 1. The van der Waals surface area contributed by atoms with Gasteiger partial charge in [0, 0.05) is 7.05 Å². The van der Waals surface area contributed by atoms with E-state index in [0.717, 1.165) is 9.87 Å². The molecule has 26 heavy (non-hydrogen) atoms. The normalized spacial score (nSPS) is 12.7. The molecule has 0 aliphatic carbocycles. The van der Waals surface area contributed by atoms with Crippen LogP contribution in [0.1, 0.15) is 24.1 Å². The average molecular weight is 376 g/mol. The summed E-state index contributed by atoms with van der Waals surface area (Å²) in [6, 6.07) is 13.9. The topological polar surface area (TPSA) is 75.7 Å². The monoisotopic (exact) mass is 376 g/mol. The van der Waals surface area contributed by atoms with Crippen LogP contribution in [-0.4, -0.2) is 39.3 Å². The van der Waals surface area contributed by atoms with Gasteiger partial charge in [-0.15, -0.1) is 0 Å². The lowest BCUT2D eigenvalue weighted by atomic mass is 10.1. The van der Waals surface area contributed by atoms with Crippen molar-refractivity contribution in [2.45, 2.75) is 24.8 Å². The summed E-state index contributed by atoms with van der Waals surface area (Å²) in [5.41, 5.74) is 1.67. The molecule has 0 aliphatic heterocycles. The third kappa shape index (κ3) is 4.62. The first-order valence-corrected chi connectivity index (χ1v) is 9.65. The fourth-order valence-electron chi connectivity index (χ4n) is 2.59. The van der Waals surface area contributed by atoms with Crippen molar-refractivity contribution >= 4 is 15.9 Å². The summed E-state index contributed by atoms with van der Waals surface area (Å²) in [6.07, 6.45) is 0. The molecule has 0 spiro atoms. The van der Waals surface area contributed by atoms with Crippen LogP contribution in [0.25, 0.3) is 0 Å². The molecule has 2 aromatic carbocycles. The van der Waals surface area contributed by atoms with Gasteiger partial charge < -0.3 is 10.1 Å². The van der Waals surface area contributed by atoms with Gasteiger partial charge in [0.05, 0.1) is 24.6 Å². The Labute approximate surface area is 154 Å². The number of nitrogens with zero attached hydrogens (tertiary/aromatic N) is 1. The van der Waals surface area contributed by atoms with E-state index in [1.54, 1.807) is 13.0 Å². The van der Waals surface area contributed by atoms with Crippen LogP contribution >= 0.6 is 0 Å². The maximum Gasteiger partial charge on any atom is 0.243 e. The molecule has 6 nitrogen and oxygen atoms in total. The van der Waals surface area contributed by atoms with Gasteiger partial charge in [-0.2, -0.15) is 4.31 Å². The van der Waals surface area contributed by atoms with Crippen molar-refractivity contribution in [1.82, 2.24) is 9.62 Å². The standard InChI is InChI=1S/C19H24N2O4S/c1-14-12-17(10-11-18(14)25-4)26(23,24)21(3)13-19(22)20-15(2)16-8-6-5-7-9-16/h5-12,15H,13H2,1-4H3,(H,20,22). The fraction of sp³-hybridized carbons (Fsp3) is 0.316. The lowest BCUT2D eigenvalue weighted by molar-refractivity contribution is -0.121. The average Bonchev–Trinajstić information content (AvgIpc) is 2.62. The maximum absolute atomic E-state index is 12.7. The van der Waals surface area contributed by atoms with Gasteiger partial charge in [-0.25, -0.2) is 8.42 Å². The number of hydrogen-bond donors (Lipinski definition) is 1. The Balaban J connectivity index is 2.06. The summed E-state index contributed by atoms with van der Waals surface area (Å²) in [4.78, 5) is 12.4. The number of carbonyl (C=O) groups excluding carboxylic acids is 1. The zero-order chi connectivity index (χ0) is 19.3. The van der Waals surface area contributed by atoms with E-state index >= 15 is 0 Å². The quantitative estimate of drug-likeness (QED) is 0.806. The van der Waals surface area contributed by atoms with E-state index in [2.05, 4.69) is 5.32 Å². The van der Waals surface area contributed by atoms with E-state index in [1.807, 2.05) is 37.3 Å². The van der Waals surface area contributed by atoms with E-state index in [9.17, 15) is 13.2 Å². The maximum atomic E-state index is 12.7. The van der Waals surface area contributed by atoms with Crippen LogP contribution in [0.5, 0.6) is 5.75 Å².